The first-order chi connectivity index (χ1) is 17.8. The first-order valence-corrected chi connectivity index (χ1v) is 13.7. The number of Topliss-reactive ketones (excluding diaryl/α,β-unsaturated/α-hetero) is 1. The van der Waals surface area contributed by atoms with Crippen molar-refractivity contribution in [1.82, 2.24) is 4.57 Å². The molecule has 3 aliphatic rings. The lowest BCUT2D eigenvalue weighted by Crippen LogP contribution is -2.63. The summed E-state index contributed by atoms with van der Waals surface area (Å²) in [5, 5.41) is 11.7. The predicted molar refractivity (Wildman–Crippen MR) is 141 cm³/mol. The zero-order valence-electron chi connectivity index (χ0n) is 23.2. The largest absolute Gasteiger partial charge is 0.464 e. The third-order valence-corrected chi connectivity index (χ3v) is 10.4. The zero-order valence-corrected chi connectivity index (χ0v) is 23.2. The average molecular weight is 528 g/mol. The molecule has 2 unspecified atom stereocenters. The number of ether oxygens (including phenoxy) is 2. The van der Waals surface area contributed by atoms with Gasteiger partial charge in [-0.2, -0.15) is 0 Å². The van der Waals surface area contributed by atoms with Crippen LogP contribution in [0.4, 0.5) is 0 Å². The van der Waals surface area contributed by atoms with E-state index in [0.717, 1.165) is 19.3 Å². The van der Waals surface area contributed by atoms with Crippen molar-refractivity contribution in [2.75, 3.05) is 6.61 Å². The van der Waals surface area contributed by atoms with Crippen LogP contribution in [0.5, 0.6) is 0 Å². The van der Waals surface area contributed by atoms with Crippen molar-refractivity contribution in [3.05, 3.63) is 46.9 Å². The van der Waals surface area contributed by atoms with Gasteiger partial charge in [-0.15, -0.1) is 6.58 Å². The smallest absolute Gasteiger partial charge is 0.344 e. The van der Waals surface area contributed by atoms with Crippen LogP contribution in [0, 0.1) is 34.0 Å². The van der Waals surface area contributed by atoms with Crippen molar-refractivity contribution in [1.29, 1.82) is 0 Å². The number of nitrogens with zero attached hydrogens (tertiary/aromatic N) is 1. The summed E-state index contributed by atoms with van der Waals surface area (Å²) >= 11 is 0. The number of pyridine rings is 1. The number of ketones is 1. The number of aromatic nitrogens is 1. The van der Waals surface area contributed by atoms with Gasteiger partial charge >= 0.3 is 11.9 Å². The minimum atomic E-state index is -0.761. The molecule has 8 atom stereocenters. The Kier molecular flexibility index (Phi) is 7.51. The lowest BCUT2D eigenvalue weighted by Gasteiger charge is -2.61. The molecule has 4 rings (SSSR count). The normalized spacial score (nSPS) is 38.5. The maximum Gasteiger partial charge on any atom is 0.344 e. The maximum atomic E-state index is 13.6. The van der Waals surface area contributed by atoms with Gasteiger partial charge in [-0.1, -0.05) is 33.8 Å². The van der Waals surface area contributed by atoms with Crippen molar-refractivity contribution >= 4 is 17.7 Å². The van der Waals surface area contributed by atoms with Crippen LogP contribution in [0.2, 0.25) is 0 Å². The van der Waals surface area contributed by atoms with E-state index in [1.807, 2.05) is 6.92 Å². The van der Waals surface area contributed by atoms with Gasteiger partial charge in [-0.3, -0.25) is 14.4 Å². The van der Waals surface area contributed by atoms with E-state index in [9.17, 15) is 24.3 Å². The summed E-state index contributed by atoms with van der Waals surface area (Å²) in [6, 6.07) is 3.01. The monoisotopic (exact) mass is 527 g/mol. The van der Waals surface area contributed by atoms with E-state index in [4.69, 9.17) is 9.47 Å². The molecule has 38 heavy (non-hydrogen) atoms. The highest BCUT2D eigenvalue weighted by molar-refractivity contribution is 5.89. The molecule has 3 aliphatic carbocycles. The highest BCUT2D eigenvalue weighted by Gasteiger charge is 2.68. The molecule has 1 heterocycles. The van der Waals surface area contributed by atoms with Crippen LogP contribution < -0.4 is 5.56 Å². The summed E-state index contributed by atoms with van der Waals surface area (Å²) in [4.78, 5) is 51.4. The molecule has 0 spiro atoms. The number of carbonyl (C=O) groups is 3. The second kappa shape index (κ2) is 10.1. The van der Waals surface area contributed by atoms with Crippen LogP contribution in [-0.4, -0.2) is 46.2 Å². The quantitative estimate of drug-likeness (QED) is 0.441. The van der Waals surface area contributed by atoms with E-state index >= 15 is 0 Å². The molecule has 3 saturated carbocycles. The van der Waals surface area contributed by atoms with Gasteiger partial charge in [-0.25, -0.2) is 4.79 Å². The summed E-state index contributed by atoms with van der Waals surface area (Å²) in [5.74, 6) is -1.41. The summed E-state index contributed by atoms with van der Waals surface area (Å²) in [5.41, 5.74) is -2.45. The van der Waals surface area contributed by atoms with Crippen molar-refractivity contribution in [3.63, 3.8) is 0 Å². The molecule has 8 heteroatoms. The summed E-state index contributed by atoms with van der Waals surface area (Å²) in [7, 11) is 0. The van der Waals surface area contributed by atoms with Crippen molar-refractivity contribution in [2.24, 2.45) is 34.0 Å². The molecule has 0 saturated heterocycles. The Bertz CT molecular complexity index is 1190. The van der Waals surface area contributed by atoms with Crippen LogP contribution >= 0.6 is 0 Å². The molecule has 208 valence electrons. The first kappa shape index (κ1) is 28.3. The van der Waals surface area contributed by atoms with Gasteiger partial charge in [0.2, 0.25) is 0 Å². The van der Waals surface area contributed by atoms with E-state index in [2.05, 4.69) is 27.4 Å². The number of hydrogen-bond donors (Lipinski definition) is 1. The molecule has 1 aromatic heterocycles. The fourth-order valence-corrected chi connectivity index (χ4v) is 7.85. The van der Waals surface area contributed by atoms with Gasteiger partial charge in [0.05, 0.1) is 12.6 Å². The van der Waals surface area contributed by atoms with Gasteiger partial charge in [0.15, 0.2) is 0 Å². The Hall–Kier alpha value is -2.74. The minimum absolute atomic E-state index is 0.00554. The van der Waals surface area contributed by atoms with Gasteiger partial charge in [0.25, 0.3) is 5.56 Å². The topological polar surface area (TPSA) is 112 Å². The Morgan fingerprint density at radius 2 is 1.95 bits per heavy atom. The Morgan fingerprint density at radius 3 is 2.61 bits per heavy atom. The van der Waals surface area contributed by atoms with Crippen LogP contribution in [0.15, 0.2) is 35.8 Å². The minimum Gasteiger partial charge on any atom is -0.464 e. The van der Waals surface area contributed by atoms with Gasteiger partial charge < -0.3 is 19.1 Å². The van der Waals surface area contributed by atoms with Crippen molar-refractivity contribution in [2.45, 2.75) is 85.5 Å². The van der Waals surface area contributed by atoms with Crippen LogP contribution in [0.3, 0.4) is 0 Å². The van der Waals surface area contributed by atoms with Crippen molar-refractivity contribution in [3.8, 4) is 0 Å². The molecule has 3 fully saturated rings. The van der Waals surface area contributed by atoms with Crippen LogP contribution in [0.25, 0.3) is 0 Å². The van der Waals surface area contributed by atoms with Crippen LogP contribution in [-0.2, 0) is 25.6 Å². The molecule has 8 nitrogen and oxygen atoms in total. The van der Waals surface area contributed by atoms with E-state index in [-0.39, 0.29) is 47.7 Å². The number of aliphatic hydroxyl groups excluding tert-OH is 1. The van der Waals surface area contributed by atoms with Gasteiger partial charge in [-0.05, 0) is 55.1 Å². The molecule has 1 N–H and O–H groups in total. The standard InChI is InChI=1S/C30H41NO7/c1-7-28(5)17-23(38-27(36)21-9-8-14-31(26(21)35)15-16-37-20(4)32)29(6)18(2)10-12-30(19(3)25(28)34)13-11-22(33)24(29)30/h7-9,14,18-19,23-25,34H,1,10-13,15-17H2,2-6H3/t18-,19+,23-,24?,25+,28-,29+,30?/m1/s1. The predicted octanol–water partition coefficient (Wildman–Crippen LogP) is 3.93. The third kappa shape index (κ3) is 4.34. The number of hydrogen-bond acceptors (Lipinski definition) is 7. The molecular formula is C30H41NO7. The Morgan fingerprint density at radius 1 is 1.24 bits per heavy atom. The second-order valence-corrected chi connectivity index (χ2v) is 12.2. The summed E-state index contributed by atoms with van der Waals surface area (Å²) in [6.07, 6.45) is 4.99. The fourth-order valence-electron chi connectivity index (χ4n) is 7.85. The van der Waals surface area contributed by atoms with E-state index in [1.165, 1.54) is 23.8 Å². The average Bonchev–Trinajstić information content (AvgIpc) is 3.23. The number of esters is 2. The van der Waals surface area contributed by atoms with E-state index < -0.39 is 40.5 Å². The molecule has 0 radical (unpaired) electrons. The SMILES string of the molecule is C=C[C@]1(C)C[C@@H](OC(=O)c2cccn(CCOC(C)=O)c2=O)[C@@]2(C)C3C(=O)CCC3(CC[C@H]2C)[C@@H](C)[C@@H]1O. The van der Waals surface area contributed by atoms with E-state index in [0.29, 0.717) is 12.8 Å². The summed E-state index contributed by atoms with van der Waals surface area (Å²) < 4.78 is 12.5. The zero-order chi connectivity index (χ0) is 28.0. The second-order valence-electron chi connectivity index (χ2n) is 12.2. The van der Waals surface area contributed by atoms with Gasteiger partial charge in [0, 0.05) is 36.3 Å². The van der Waals surface area contributed by atoms with Crippen molar-refractivity contribution < 1.29 is 29.0 Å². The molecule has 2 bridgehead atoms. The highest BCUT2D eigenvalue weighted by Crippen LogP contribution is 2.68. The van der Waals surface area contributed by atoms with E-state index in [1.54, 1.807) is 12.1 Å². The summed E-state index contributed by atoms with van der Waals surface area (Å²) in [6.45, 7) is 13.6. The first-order valence-electron chi connectivity index (χ1n) is 13.7. The molecule has 0 aliphatic heterocycles. The lowest BCUT2D eigenvalue weighted by molar-refractivity contribution is -0.192. The molecular weight excluding hydrogens is 486 g/mol. The molecule has 1 aromatic rings. The Labute approximate surface area is 224 Å². The molecule has 0 amide bonds. The van der Waals surface area contributed by atoms with Gasteiger partial charge in [0.1, 0.15) is 24.1 Å². The van der Waals surface area contributed by atoms with Crippen LogP contribution in [0.1, 0.15) is 77.1 Å². The number of rotatable bonds is 6. The molecule has 0 aromatic carbocycles. The third-order valence-electron chi connectivity index (χ3n) is 10.4. The number of carbonyl (C=O) groups excluding carboxylic acids is 3. The maximum absolute atomic E-state index is 13.6. The lowest BCUT2D eigenvalue weighted by atomic mass is 9.44. The fraction of sp³-hybridized carbons (Fsp3) is 0.667. The highest BCUT2D eigenvalue weighted by atomic mass is 16.5. The Balaban J connectivity index is 1.75. The number of aliphatic hydroxyl groups is 1.